The van der Waals surface area contributed by atoms with E-state index in [0.29, 0.717) is 13.0 Å². The van der Waals surface area contributed by atoms with Crippen LogP contribution in [-0.4, -0.2) is 19.1 Å². The van der Waals surface area contributed by atoms with E-state index in [-0.39, 0.29) is 12.0 Å². The molecule has 0 amide bonds. The van der Waals surface area contributed by atoms with Gasteiger partial charge >= 0.3 is 5.97 Å². The smallest absolute Gasteiger partial charge is 0.307 e. The number of carbonyl (C=O) groups excluding carboxylic acids is 1. The summed E-state index contributed by atoms with van der Waals surface area (Å²) in [5.74, 6) is -0.210. The quantitative estimate of drug-likeness (QED) is 0.486. The molecule has 0 aliphatic carbocycles. The fraction of sp³-hybridized carbons (Fsp3) is 0.292. The molecular weight excluding hydrogens is 348 g/mol. The Bertz CT molecular complexity index is 997. The van der Waals surface area contributed by atoms with Crippen molar-refractivity contribution in [2.75, 3.05) is 17.7 Å². The van der Waals surface area contributed by atoms with E-state index >= 15 is 0 Å². The normalized spacial score (nSPS) is 12.0. The molecule has 1 unspecified atom stereocenters. The zero-order valence-corrected chi connectivity index (χ0v) is 17.0. The number of hydrogen-bond donors (Lipinski definition) is 1. The molecule has 0 radical (unpaired) electrons. The zero-order chi connectivity index (χ0) is 20.3. The van der Waals surface area contributed by atoms with E-state index in [9.17, 15) is 4.79 Å². The third kappa shape index (κ3) is 4.11. The van der Waals surface area contributed by atoms with Gasteiger partial charge in [0, 0.05) is 34.7 Å². The summed E-state index contributed by atoms with van der Waals surface area (Å²) in [6.07, 6.45) is 0.320. The molecule has 0 fully saturated rings. The second-order valence-corrected chi connectivity index (χ2v) is 7.41. The molecule has 0 aromatic heterocycles. The Morgan fingerprint density at radius 3 is 2.54 bits per heavy atom. The number of aryl methyl sites for hydroxylation is 2. The van der Waals surface area contributed by atoms with Crippen molar-refractivity contribution in [2.45, 2.75) is 39.8 Å². The Morgan fingerprint density at radius 2 is 1.82 bits per heavy atom. The minimum atomic E-state index is -0.210. The van der Waals surface area contributed by atoms with Crippen LogP contribution in [-0.2, 0) is 16.1 Å². The van der Waals surface area contributed by atoms with Crippen LogP contribution < -0.4 is 10.6 Å². The van der Waals surface area contributed by atoms with Crippen LogP contribution in [0.4, 0.5) is 11.4 Å². The van der Waals surface area contributed by atoms with E-state index in [0.717, 1.165) is 22.1 Å². The lowest BCUT2D eigenvalue weighted by Crippen LogP contribution is -2.35. The van der Waals surface area contributed by atoms with Crippen molar-refractivity contribution < 1.29 is 9.53 Å². The van der Waals surface area contributed by atoms with Crippen LogP contribution in [0.2, 0.25) is 0 Å². The molecule has 4 nitrogen and oxygen atoms in total. The van der Waals surface area contributed by atoms with E-state index in [1.54, 1.807) is 0 Å². The topological polar surface area (TPSA) is 55.6 Å². The Kier molecular flexibility index (Phi) is 5.88. The predicted molar refractivity (Wildman–Crippen MR) is 117 cm³/mol. The highest BCUT2D eigenvalue weighted by Crippen LogP contribution is 2.34. The zero-order valence-electron chi connectivity index (χ0n) is 17.0. The molecule has 0 aliphatic rings. The van der Waals surface area contributed by atoms with Gasteiger partial charge in [-0.2, -0.15) is 0 Å². The third-order valence-electron chi connectivity index (χ3n) is 5.32. The lowest BCUT2D eigenvalue weighted by Gasteiger charge is -2.33. The number of anilines is 2. The number of nitrogen functional groups attached to an aromatic ring is 1. The van der Waals surface area contributed by atoms with Crippen molar-refractivity contribution >= 4 is 28.1 Å². The van der Waals surface area contributed by atoms with Crippen LogP contribution in [0.1, 0.15) is 30.0 Å². The van der Waals surface area contributed by atoms with Gasteiger partial charge in [-0.1, -0.05) is 42.0 Å². The molecule has 28 heavy (non-hydrogen) atoms. The van der Waals surface area contributed by atoms with Crippen LogP contribution in [0.5, 0.6) is 0 Å². The largest absolute Gasteiger partial charge is 0.469 e. The molecule has 3 rings (SSSR count). The third-order valence-corrected chi connectivity index (χ3v) is 5.32. The molecular formula is C24H28N2O2. The summed E-state index contributed by atoms with van der Waals surface area (Å²) in [5, 5.41) is 2.13. The molecule has 0 spiro atoms. The van der Waals surface area contributed by atoms with Crippen LogP contribution in [0.3, 0.4) is 0 Å². The van der Waals surface area contributed by atoms with Crippen molar-refractivity contribution in [3.8, 4) is 0 Å². The first-order chi connectivity index (χ1) is 13.4. The molecule has 3 aromatic carbocycles. The van der Waals surface area contributed by atoms with E-state index in [4.69, 9.17) is 10.5 Å². The molecule has 2 N–H and O–H groups in total. The predicted octanol–water partition coefficient (Wildman–Crippen LogP) is 5.00. The van der Waals surface area contributed by atoms with Gasteiger partial charge in [0.05, 0.1) is 13.5 Å². The molecule has 0 saturated heterocycles. The summed E-state index contributed by atoms with van der Waals surface area (Å²) in [5.41, 5.74) is 11.7. The summed E-state index contributed by atoms with van der Waals surface area (Å²) in [6.45, 7) is 6.95. The number of rotatable bonds is 6. The first-order valence-electron chi connectivity index (χ1n) is 9.57. The van der Waals surface area contributed by atoms with E-state index < -0.39 is 0 Å². The standard InChI is InChI=1S/C24H28N2O2/c1-16-9-10-20-21(13-16)22(25)11-12-23(20)26(18(3)14-24(27)28-4)15-19-8-6-5-7-17(19)2/h5-13,18H,14-15,25H2,1-4H3. The molecule has 1 atom stereocenters. The average molecular weight is 377 g/mol. The van der Waals surface area contributed by atoms with Crippen LogP contribution >= 0.6 is 0 Å². The van der Waals surface area contributed by atoms with Crippen LogP contribution in [0, 0.1) is 13.8 Å². The van der Waals surface area contributed by atoms with Gasteiger partial charge in [-0.3, -0.25) is 4.79 Å². The van der Waals surface area contributed by atoms with Crippen molar-refractivity contribution in [1.29, 1.82) is 0 Å². The average Bonchev–Trinajstić information content (AvgIpc) is 2.68. The van der Waals surface area contributed by atoms with E-state index in [2.05, 4.69) is 68.1 Å². The highest BCUT2D eigenvalue weighted by Gasteiger charge is 2.21. The van der Waals surface area contributed by atoms with Crippen molar-refractivity contribution in [3.05, 3.63) is 71.3 Å². The second-order valence-electron chi connectivity index (χ2n) is 7.41. The van der Waals surface area contributed by atoms with E-state index in [1.807, 2.05) is 12.1 Å². The maximum Gasteiger partial charge on any atom is 0.307 e. The molecule has 0 saturated carbocycles. The number of fused-ring (bicyclic) bond motifs is 1. The minimum absolute atomic E-state index is 0.0276. The minimum Gasteiger partial charge on any atom is -0.469 e. The second kappa shape index (κ2) is 8.34. The maximum absolute atomic E-state index is 12.0. The number of hydrogen-bond acceptors (Lipinski definition) is 4. The first-order valence-corrected chi connectivity index (χ1v) is 9.57. The van der Waals surface area contributed by atoms with Gasteiger partial charge in [0.2, 0.25) is 0 Å². The molecule has 0 bridgehead atoms. The monoisotopic (exact) mass is 376 g/mol. The lowest BCUT2D eigenvalue weighted by atomic mass is 10.0. The molecule has 0 aliphatic heterocycles. The van der Waals surface area contributed by atoms with Crippen LogP contribution in [0.15, 0.2) is 54.6 Å². The highest BCUT2D eigenvalue weighted by molar-refractivity contribution is 6.02. The van der Waals surface area contributed by atoms with Gasteiger partial charge in [0.15, 0.2) is 0 Å². The fourth-order valence-electron chi connectivity index (χ4n) is 3.60. The lowest BCUT2D eigenvalue weighted by molar-refractivity contribution is -0.140. The summed E-state index contributed by atoms with van der Waals surface area (Å²) in [7, 11) is 1.43. The van der Waals surface area contributed by atoms with Crippen molar-refractivity contribution in [3.63, 3.8) is 0 Å². The fourth-order valence-corrected chi connectivity index (χ4v) is 3.60. The molecule has 0 heterocycles. The van der Waals surface area contributed by atoms with Crippen LogP contribution in [0.25, 0.3) is 10.8 Å². The van der Waals surface area contributed by atoms with Gasteiger partial charge < -0.3 is 15.4 Å². The first kappa shape index (κ1) is 19.7. The molecule has 146 valence electrons. The Balaban J connectivity index is 2.11. The summed E-state index contributed by atoms with van der Waals surface area (Å²) in [6, 6.07) is 18.7. The Morgan fingerprint density at radius 1 is 1.07 bits per heavy atom. The Hall–Kier alpha value is -3.01. The maximum atomic E-state index is 12.0. The van der Waals surface area contributed by atoms with Crippen molar-refractivity contribution in [1.82, 2.24) is 0 Å². The summed E-state index contributed by atoms with van der Waals surface area (Å²) in [4.78, 5) is 14.2. The molecule has 4 heteroatoms. The number of carbonyl (C=O) groups is 1. The molecule has 3 aromatic rings. The van der Waals surface area contributed by atoms with Gasteiger partial charge in [-0.15, -0.1) is 0 Å². The van der Waals surface area contributed by atoms with Gasteiger partial charge in [0.1, 0.15) is 0 Å². The SMILES string of the molecule is COC(=O)CC(C)N(Cc1ccccc1C)c1ccc(N)c2cc(C)ccc12. The van der Waals surface area contributed by atoms with E-state index in [1.165, 1.54) is 23.8 Å². The van der Waals surface area contributed by atoms with Gasteiger partial charge in [0.25, 0.3) is 0 Å². The number of methoxy groups -OCH3 is 1. The number of ether oxygens (including phenoxy) is 1. The van der Waals surface area contributed by atoms with Gasteiger partial charge in [-0.05, 0) is 50.1 Å². The number of esters is 1. The Labute approximate surface area is 166 Å². The van der Waals surface area contributed by atoms with Gasteiger partial charge in [-0.25, -0.2) is 0 Å². The summed E-state index contributed by atoms with van der Waals surface area (Å²) >= 11 is 0. The number of nitrogens with zero attached hydrogens (tertiary/aromatic N) is 1. The number of nitrogens with two attached hydrogens (primary N) is 1. The number of benzene rings is 3. The highest BCUT2D eigenvalue weighted by atomic mass is 16.5. The van der Waals surface area contributed by atoms with Crippen molar-refractivity contribution in [2.24, 2.45) is 0 Å². The summed E-state index contributed by atoms with van der Waals surface area (Å²) < 4.78 is 4.92.